The lowest BCUT2D eigenvalue weighted by atomic mass is 9.89. The zero-order valence-electron chi connectivity index (χ0n) is 17.5. The van der Waals surface area contributed by atoms with Crippen LogP contribution in [0.3, 0.4) is 0 Å². The first kappa shape index (κ1) is 27.8. The van der Waals surface area contributed by atoms with Crippen molar-refractivity contribution in [2.45, 2.75) is 35.5 Å². The van der Waals surface area contributed by atoms with Gasteiger partial charge >= 0.3 is 12.1 Å². The maximum atomic E-state index is 12.7. The van der Waals surface area contributed by atoms with Gasteiger partial charge in [0.2, 0.25) is 10.9 Å². The van der Waals surface area contributed by atoms with E-state index in [0.717, 1.165) is 40.0 Å². The lowest BCUT2D eigenvalue weighted by Crippen LogP contribution is -2.75. The predicted molar refractivity (Wildman–Crippen MR) is 113 cm³/mol. The van der Waals surface area contributed by atoms with Crippen LogP contribution in [0.5, 0.6) is 0 Å². The Morgan fingerprint density at radius 3 is 2.63 bits per heavy atom. The van der Waals surface area contributed by atoms with Crippen LogP contribution < -0.4 is 0 Å². The number of aromatic nitrogens is 4. The summed E-state index contributed by atoms with van der Waals surface area (Å²) in [5, 5.41) is 19.1. The Labute approximate surface area is 207 Å². The van der Waals surface area contributed by atoms with Gasteiger partial charge in [-0.25, -0.2) is 4.68 Å². The average Bonchev–Trinajstić information content (AvgIpc) is 3.13. The quantitative estimate of drug-likeness (QED) is 0.156. The number of amides is 2. The van der Waals surface area contributed by atoms with E-state index in [1.165, 1.54) is 0 Å². The minimum Gasteiger partial charge on any atom is -0.593 e. The fourth-order valence-electron chi connectivity index (χ4n) is 3.38. The summed E-state index contributed by atoms with van der Waals surface area (Å²) in [4.78, 5) is 37.9. The van der Waals surface area contributed by atoms with Crippen LogP contribution in [0, 0.1) is 5.41 Å². The number of carbonyl (C=O) groups excluding carboxylic acids is 2. The fraction of sp³-hybridized carbons (Fsp3) is 0.714. The van der Waals surface area contributed by atoms with Gasteiger partial charge in [-0.2, -0.15) is 21.6 Å². The monoisotopic (exact) mass is 582 g/mol. The third-order valence-electron chi connectivity index (χ3n) is 4.90. The van der Waals surface area contributed by atoms with Gasteiger partial charge in [-0.15, -0.1) is 21.2 Å². The number of carboxylic acids is 1. The molecule has 0 radical (unpaired) electrons. The molecule has 0 bridgehead atoms. The number of fused-ring (bicyclic) bond motifs is 1. The molecule has 4 atom stereocenters. The molecule has 0 saturated carbocycles. The van der Waals surface area contributed by atoms with Gasteiger partial charge in [-0.05, 0) is 10.4 Å². The zero-order valence-corrected chi connectivity index (χ0v) is 20.8. The lowest BCUT2D eigenvalue weighted by molar-refractivity contribution is -0.161. The molecule has 3 unspecified atom stereocenters. The van der Waals surface area contributed by atoms with E-state index in [4.69, 9.17) is 4.55 Å². The van der Waals surface area contributed by atoms with Crippen molar-refractivity contribution < 1.29 is 50.2 Å². The maximum Gasteiger partial charge on any atom is 0.435 e. The van der Waals surface area contributed by atoms with Crippen molar-refractivity contribution in [3.8, 4) is 0 Å². The zero-order chi connectivity index (χ0) is 26.3. The van der Waals surface area contributed by atoms with E-state index in [0.29, 0.717) is 4.31 Å². The second kappa shape index (κ2) is 9.92. The highest BCUT2D eigenvalue weighted by molar-refractivity contribution is 8.00. The topological polar surface area (TPSA) is 199 Å². The van der Waals surface area contributed by atoms with Crippen molar-refractivity contribution in [3.05, 3.63) is 0 Å². The number of halogens is 3. The largest absolute Gasteiger partial charge is 0.593 e. The predicted octanol–water partition coefficient (Wildman–Crippen LogP) is -0.960. The number of aliphatic carboxylic acids is 1. The molecule has 3 heterocycles. The molecule has 14 nitrogen and oxygen atoms in total. The van der Waals surface area contributed by atoms with Crippen molar-refractivity contribution in [1.29, 1.82) is 0 Å². The second-order valence-corrected chi connectivity index (χ2v) is 12.4. The number of hydrogen-bond donors (Lipinski definition) is 2. The normalized spacial score (nSPS) is 25.5. The van der Waals surface area contributed by atoms with Crippen LogP contribution in [0.1, 0.15) is 6.92 Å². The maximum absolute atomic E-state index is 12.7. The van der Waals surface area contributed by atoms with Crippen molar-refractivity contribution in [3.63, 3.8) is 0 Å². The number of rotatable bonds is 9. The van der Waals surface area contributed by atoms with E-state index in [1.807, 2.05) is 0 Å². The summed E-state index contributed by atoms with van der Waals surface area (Å²) in [6.07, 6.45) is -4.84. The van der Waals surface area contributed by atoms with Gasteiger partial charge in [0.1, 0.15) is 10.8 Å². The number of alkyl halides is 3. The Morgan fingerprint density at radius 1 is 1.43 bits per heavy atom. The highest BCUT2D eigenvalue weighted by Gasteiger charge is 2.62. The fourth-order valence-corrected chi connectivity index (χ4v) is 7.97. The highest BCUT2D eigenvalue weighted by atomic mass is 32.2. The molecule has 2 amide bonds. The molecule has 2 fully saturated rings. The van der Waals surface area contributed by atoms with Gasteiger partial charge in [0, 0.05) is 25.0 Å². The summed E-state index contributed by atoms with van der Waals surface area (Å²) >= 11 is -1.19. The van der Waals surface area contributed by atoms with Crippen LogP contribution in [-0.4, -0.2) is 111 Å². The molecule has 35 heavy (non-hydrogen) atoms. The molecule has 2 N–H and O–H groups in total. The van der Waals surface area contributed by atoms with E-state index in [1.54, 1.807) is 0 Å². The Bertz CT molecular complexity index is 1120. The smallest absolute Gasteiger partial charge is 0.435 e. The minimum absolute atomic E-state index is 0.117. The van der Waals surface area contributed by atoms with Crippen LogP contribution in [0.25, 0.3) is 0 Å². The molecule has 0 aliphatic carbocycles. The Morgan fingerprint density at radius 2 is 2.09 bits per heavy atom. The number of hydrogen-bond acceptors (Lipinski definition) is 11. The van der Waals surface area contributed by atoms with Crippen LogP contribution in [0.15, 0.2) is 5.16 Å². The van der Waals surface area contributed by atoms with Crippen LogP contribution in [0.2, 0.25) is 0 Å². The third kappa shape index (κ3) is 6.13. The number of tetrazole rings is 1. The molecule has 0 aromatic carbocycles. The molecule has 3 rings (SSSR count). The minimum atomic E-state index is -4.84. The van der Waals surface area contributed by atoms with Crippen LogP contribution in [0.4, 0.5) is 13.2 Å². The summed E-state index contributed by atoms with van der Waals surface area (Å²) < 4.78 is 82.5. The van der Waals surface area contributed by atoms with Gasteiger partial charge in [-0.1, -0.05) is 11.8 Å². The molecular formula is C14H17F3N6O8S4. The summed E-state index contributed by atoms with van der Waals surface area (Å²) in [6.45, 7) is 0.506. The van der Waals surface area contributed by atoms with Gasteiger partial charge < -0.3 is 14.6 Å². The first-order valence-electron chi connectivity index (χ1n) is 9.29. The highest BCUT2D eigenvalue weighted by Crippen LogP contribution is 2.46. The molecule has 1 aromatic rings. The molecule has 1 aromatic heterocycles. The van der Waals surface area contributed by atoms with Gasteiger partial charge in [0.15, 0.2) is 11.9 Å². The van der Waals surface area contributed by atoms with Gasteiger partial charge in [0.05, 0.1) is 11.4 Å². The molecule has 196 valence electrons. The summed E-state index contributed by atoms with van der Waals surface area (Å²) in [5.41, 5.74) is -1.59. The second-order valence-electron chi connectivity index (χ2n) is 7.58. The average molecular weight is 583 g/mol. The molecule has 2 saturated heterocycles. The first-order valence-corrected chi connectivity index (χ1v) is 14.2. The van der Waals surface area contributed by atoms with E-state index in [9.17, 15) is 45.6 Å². The van der Waals surface area contributed by atoms with E-state index >= 15 is 0 Å². The van der Waals surface area contributed by atoms with E-state index < -0.39 is 73.9 Å². The van der Waals surface area contributed by atoms with Crippen LogP contribution in [-0.2, 0) is 41.7 Å². The Hall–Kier alpha value is -1.81. The summed E-state index contributed by atoms with van der Waals surface area (Å²) in [5.74, 6) is -6.33. The number of β-lactam (4-membered cyclic amide) rings is 1. The van der Waals surface area contributed by atoms with Gasteiger partial charge in [-0.3, -0.25) is 18.9 Å². The molecule has 0 spiro atoms. The number of thioether (sulfide) groups is 2. The van der Waals surface area contributed by atoms with Crippen molar-refractivity contribution >= 4 is 62.8 Å². The lowest BCUT2D eigenvalue weighted by Gasteiger charge is -2.55. The number of carboxylic acid groups (broad SMARTS) is 1. The summed E-state index contributed by atoms with van der Waals surface area (Å²) in [6, 6.07) is -1.44. The van der Waals surface area contributed by atoms with Crippen molar-refractivity contribution in [1.82, 2.24) is 29.4 Å². The number of nitrogens with zero attached hydrogens (tertiary/aromatic N) is 6. The molecule has 2 aliphatic rings. The number of carbonyl (C=O) groups is 3. The SMILES string of the molecule is CC(=O)N(C1C(=O)N2CC(CSc3nnnn3CS(=O)(=O)O)(C(=O)O)CS[C@H]12)[S+]([O-])CC(F)(F)F. The molecule has 2 aliphatic heterocycles. The van der Waals surface area contributed by atoms with Crippen LogP contribution >= 0.6 is 23.5 Å². The van der Waals surface area contributed by atoms with Crippen molar-refractivity contribution in [2.24, 2.45) is 5.41 Å². The third-order valence-corrected chi connectivity index (χ3v) is 9.79. The van der Waals surface area contributed by atoms with Crippen molar-refractivity contribution in [2.75, 3.05) is 23.8 Å². The van der Waals surface area contributed by atoms with Gasteiger partial charge in [0.25, 0.3) is 21.9 Å². The first-order chi connectivity index (χ1) is 16.0. The molecule has 21 heteroatoms. The molecular weight excluding hydrogens is 565 g/mol. The Kier molecular flexibility index (Phi) is 7.87. The van der Waals surface area contributed by atoms with E-state index in [2.05, 4.69) is 15.5 Å². The van der Waals surface area contributed by atoms with E-state index in [-0.39, 0.29) is 23.2 Å². The summed E-state index contributed by atoms with van der Waals surface area (Å²) in [7, 11) is -4.49. The Balaban J connectivity index is 1.74. The standard InChI is InChI=1S/C14H17F3N6O8S4/c1-7(24)23(34(28)5-14(15,16)17)8-9(25)21-2-13(11(26)27,3-32-10(8)21)4-33-12-18-19-20-22(12)6-35(29,30)31/h8,10H,2-6H2,1H3,(H,26,27)(H,29,30,31)/t8?,10-,13?,34?/m1/s1.